The first-order valence-corrected chi connectivity index (χ1v) is 6.79. The van der Waals surface area contributed by atoms with Crippen LogP contribution in [0.25, 0.3) is 6.08 Å². The fourth-order valence-corrected chi connectivity index (χ4v) is 2.25. The van der Waals surface area contributed by atoms with Crippen molar-refractivity contribution in [2.24, 2.45) is 0 Å². The molecule has 1 aliphatic heterocycles. The van der Waals surface area contributed by atoms with Gasteiger partial charge in [-0.2, -0.15) is 0 Å². The van der Waals surface area contributed by atoms with Crippen LogP contribution in [0.15, 0.2) is 29.8 Å². The fourth-order valence-electron chi connectivity index (χ4n) is 2.12. The first-order valence-electron chi connectivity index (χ1n) is 6.41. The summed E-state index contributed by atoms with van der Waals surface area (Å²) in [6.45, 7) is 5.76. The van der Waals surface area contributed by atoms with Gasteiger partial charge in [-0.3, -0.25) is 4.79 Å². The number of halogens is 1. The number of hydrogen-bond acceptors (Lipinski definition) is 2. The molecule has 0 bridgehead atoms. The minimum atomic E-state index is 0.0742. The summed E-state index contributed by atoms with van der Waals surface area (Å²) in [6, 6.07) is 7.45. The second kappa shape index (κ2) is 6.22. The monoisotopic (exact) mass is 279 g/mol. The molecule has 0 spiro atoms. The van der Waals surface area contributed by atoms with E-state index in [0.717, 1.165) is 11.1 Å². The first kappa shape index (κ1) is 14.1. The zero-order valence-electron chi connectivity index (χ0n) is 11.2. The Hall–Kier alpha value is -1.32. The average molecular weight is 280 g/mol. The number of rotatable bonds is 2. The third kappa shape index (κ3) is 3.82. The molecular weight excluding hydrogens is 262 g/mol. The van der Waals surface area contributed by atoms with E-state index in [1.165, 1.54) is 0 Å². The van der Waals surface area contributed by atoms with Gasteiger partial charge in [0.05, 0.1) is 12.7 Å². The molecule has 0 radical (unpaired) electrons. The van der Waals surface area contributed by atoms with Crippen LogP contribution in [0, 0.1) is 0 Å². The highest BCUT2D eigenvalue weighted by molar-refractivity contribution is 6.30. The Bertz CT molecular complexity index is 481. The summed E-state index contributed by atoms with van der Waals surface area (Å²) in [6.07, 6.45) is 2.00. The Labute approximate surface area is 118 Å². The number of amides is 1. The number of hydrogen-bond donors (Lipinski definition) is 0. The normalized spacial score (nSPS) is 20.5. The Kier molecular flexibility index (Phi) is 4.61. The van der Waals surface area contributed by atoms with Gasteiger partial charge in [0.2, 0.25) is 5.91 Å². The van der Waals surface area contributed by atoms with Crippen molar-refractivity contribution in [1.82, 2.24) is 4.90 Å². The van der Waals surface area contributed by atoms with Crippen LogP contribution in [-0.4, -0.2) is 36.6 Å². The molecule has 1 fully saturated rings. The van der Waals surface area contributed by atoms with Crippen molar-refractivity contribution in [3.63, 3.8) is 0 Å². The lowest BCUT2D eigenvalue weighted by Crippen LogP contribution is -2.44. The van der Waals surface area contributed by atoms with Gasteiger partial charge in [-0.15, -0.1) is 0 Å². The van der Waals surface area contributed by atoms with Gasteiger partial charge in [0.15, 0.2) is 0 Å². The number of ether oxygens (including phenoxy) is 1. The van der Waals surface area contributed by atoms with Gasteiger partial charge >= 0.3 is 0 Å². The number of carbonyl (C=O) groups is 1. The molecule has 19 heavy (non-hydrogen) atoms. The molecule has 1 saturated heterocycles. The average Bonchev–Trinajstić information content (AvgIpc) is 2.40. The molecule has 1 aliphatic rings. The van der Waals surface area contributed by atoms with Gasteiger partial charge in [0.25, 0.3) is 0 Å². The molecule has 4 heteroatoms. The zero-order valence-corrected chi connectivity index (χ0v) is 12.0. The van der Waals surface area contributed by atoms with E-state index < -0.39 is 0 Å². The van der Waals surface area contributed by atoms with Gasteiger partial charge in [0, 0.05) is 23.7 Å². The summed E-state index contributed by atoms with van der Waals surface area (Å²) in [5.41, 5.74) is 1.72. The fraction of sp³-hybridized carbons (Fsp3) is 0.400. The van der Waals surface area contributed by atoms with Crippen LogP contribution in [-0.2, 0) is 9.53 Å². The van der Waals surface area contributed by atoms with E-state index >= 15 is 0 Å². The molecule has 0 N–H and O–H groups in total. The van der Waals surface area contributed by atoms with Gasteiger partial charge < -0.3 is 9.64 Å². The molecular formula is C15H18ClNO2. The number of benzene rings is 1. The topological polar surface area (TPSA) is 29.5 Å². The standard InChI is InChI=1S/C15H18ClNO2/c1-11(9-13-3-5-14(16)6-4-13)15(18)17-7-8-19-12(2)10-17/h3-6,9,12H,7-8,10H2,1-2H3/b11-9+. The highest BCUT2D eigenvalue weighted by atomic mass is 35.5. The van der Waals surface area contributed by atoms with Gasteiger partial charge in [0.1, 0.15) is 0 Å². The van der Waals surface area contributed by atoms with Crippen molar-refractivity contribution in [2.75, 3.05) is 19.7 Å². The minimum absolute atomic E-state index is 0.0742. The van der Waals surface area contributed by atoms with Crippen LogP contribution >= 0.6 is 11.6 Å². The van der Waals surface area contributed by atoms with Crippen molar-refractivity contribution in [3.05, 3.63) is 40.4 Å². The SMILES string of the molecule is C/C(=C\c1ccc(Cl)cc1)C(=O)N1CCOC(C)C1. The van der Waals surface area contributed by atoms with Gasteiger partial charge in [-0.1, -0.05) is 23.7 Å². The van der Waals surface area contributed by atoms with Crippen LogP contribution in [0.1, 0.15) is 19.4 Å². The summed E-state index contributed by atoms with van der Waals surface area (Å²) < 4.78 is 5.44. The van der Waals surface area contributed by atoms with Gasteiger partial charge in [-0.05, 0) is 37.6 Å². The van der Waals surface area contributed by atoms with Crippen LogP contribution in [0.3, 0.4) is 0 Å². The molecule has 0 aliphatic carbocycles. The quantitative estimate of drug-likeness (QED) is 0.779. The van der Waals surface area contributed by atoms with Crippen molar-refractivity contribution >= 4 is 23.6 Å². The highest BCUT2D eigenvalue weighted by Gasteiger charge is 2.21. The second-order valence-electron chi connectivity index (χ2n) is 4.81. The number of nitrogens with zero attached hydrogens (tertiary/aromatic N) is 1. The molecule has 3 nitrogen and oxygen atoms in total. The molecule has 2 rings (SSSR count). The Morgan fingerprint density at radius 2 is 2.11 bits per heavy atom. The molecule has 1 aromatic carbocycles. The van der Waals surface area contributed by atoms with Crippen molar-refractivity contribution in [2.45, 2.75) is 20.0 Å². The maximum Gasteiger partial charge on any atom is 0.249 e. The third-order valence-electron chi connectivity index (χ3n) is 3.12. The van der Waals surface area contributed by atoms with E-state index in [-0.39, 0.29) is 12.0 Å². The maximum absolute atomic E-state index is 12.3. The summed E-state index contributed by atoms with van der Waals surface area (Å²) in [7, 11) is 0. The molecule has 1 heterocycles. The Balaban J connectivity index is 2.07. The van der Waals surface area contributed by atoms with Crippen LogP contribution in [0.2, 0.25) is 5.02 Å². The van der Waals surface area contributed by atoms with Gasteiger partial charge in [-0.25, -0.2) is 0 Å². The Morgan fingerprint density at radius 3 is 2.74 bits per heavy atom. The first-order chi connectivity index (χ1) is 9.06. The van der Waals surface area contributed by atoms with Crippen molar-refractivity contribution in [1.29, 1.82) is 0 Å². The van der Waals surface area contributed by atoms with Crippen LogP contribution in [0.4, 0.5) is 0 Å². The summed E-state index contributed by atoms with van der Waals surface area (Å²) >= 11 is 5.84. The molecule has 102 valence electrons. The van der Waals surface area contributed by atoms with Crippen LogP contribution in [0.5, 0.6) is 0 Å². The molecule has 1 atom stereocenters. The smallest absolute Gasteiger partial charge is 0.249 e. The molecule has 0 saturated carbocycles. The highest BCUT2D eigenvalue weighted by Crippen LogP contribution is 2.15. The lowest BCUT2D eigenvalue weighted by Gasteiger charge is -2.31. The molecule has 1 unspecified atom stereocenters. The maximum atomic E-state index is 12.3. The van der Waals surface area contributed by atoms with E-state index in [4.69, 9.17) is 16.3 Å². The predicted octanol–water partition coefficient (Wildman–Crippen LogP) is 2.99. The summed E-state index contributed by atoms with van der Waals surface area (Å²) in [5, 5.41) is 0.697. The van der Waals surface area contributed by atoms with Crippen molar-refractivity contribution < 1.29 is 9.53 Å². The largest absolute Gasteiger partial charge is 0.375 e. The summed E-state index contributed by atoms with van der Waals surface area (Å²) in [4.78, 5) is 14.1. The zero-order chi connectivity index (χ0) is 13.8. The molecule has 1 aromatic rings. The van der Waals surface area contributed by atoms with E-state index in [2.05, 4.69) is 0 Å². The number of morpholine rings is 1. The molecule has 0 aromatic heterocycles. The van der Waals surface area contributed by atoms with E-state index in [0.29, 0.717) is 24.7 Å². The third-order valence-corrected chi connectivity index (χ3v) is 3.37. The minimum Gasteiger partial charge on any atom is -0.375 e. The van der Waals surface area contributed by atoms with E-state index in [1.54, 1.807) is 0 Å². The molecule has 1 amide bonds. The predicted molar refractivity (Wildman–Crippen MR) is 77.1 cm³/mol. The lowest BCUT2D eigenvalue weighted by molar-refractivity contribution is -0.133. The van der Waals surface area contributed by atoms with E-state index in [9.17, 15) is 4.79 Å². The van der Waals surface area contributed by atoms with Crippen LogP contribution < -0.4 is 0 Å². The number of carbonyl (C=O) groups excluding carboxylic acids is 1. The second-order valence-corrected chi connectivity index (χ2v) is 5.25. The lowest BCUT2D eigenvalue weighted by atomic mass is 10.1. The van der Waals surface area contributed by atoms with Crippen molar-refractivity contribution in [3.8, 4) is 0 Å². The van der Waals surface area contributed by atoms with E-state index in [1.807, 2.05) is 49.1 Å². The summed E-state index contributed by atoms with van der Waals surface area (Å²) in [5.74, 6) is 0.0742. The Morgan fingerprint density at radius 1 is 1.42 bits per heavy atom.